The fourth-order valence-electron chi connectivity index (χ4n) is 1.27. The van der Waals surface area contributed by atoms with E-state index in [-0.39, 0.29) is 6.61 Å². The first kappa shape index (κ1) is 16.9. The second kappa shape index (κ2) is 8.91. The van der Waals surface area contributed by atoms with Gasteiger partial charge in [-0.1, -0.05) is 34.1 Å². The van der Waals surface area contributed by atoms with Gasteiger partial charge in [0.15, 0.2) is 6.61 Å². The van der Waals surface area contributed by atoms with Crippen LogP contribution in [0.5, 0.6) is 0 Å². The Morgan fingerprint density at radius 1 is 1.24 bits per heavy atom. The van der Waals surface area contributed by atoms with Gasteiger partial charge in [0, 0.05) is 10.5 Å². The summed E-state index contributed by atoms with van der Waals surface area (Å²) in [5.74, 6) is -1.44. The van der Waals surface area contributed by atoms with Crippen molar-refractivity contribution in [2.24, 2.45) is 0 Å². The summed E-state index contributed by atoms with van der Waals surface area (Å²) in [7, 11) is 0. The lowest BCUT2D eigenvalue weighted by molar-refractivity contribution is -0.143. The summed E-state index contributed by atoms with van der Waals surface area (Å²) >= 11 is 3.33. The number of carbonyl (C=O) groups excluding carboxylic acids is 3. The highest BCUT2D eigenvalue weighted by molar-refractivity contribution is 9.10. The Labute approximate surface area is 130 Å². The molecule has 1 N–H and O–H groups in total. The van der Waals surface area contributed by atoms with Crippen LogP contribution in [0, 0.1) is 0 Å². The van der Waals surface area contributed by atoms with Crippen LogP contribution in [0.2, 0.25) is 0 Å². The van der Waals surface area contributed by atoms with Gasteiger partial charge in [0.25, 0.3) is 5.91 Å². The minimum absolute atomic E-state index is 0.146. The molecule has 0 heterocycles. The fourth-order valence-corrected chi connectivity index (χ4v) is 1.69. The Morgan fingerprint density at radius 3 is 2.62 bits per heavy atom. The van der Waals surface area contributed by atoms with Crippen LogP contribution in [0.25, 0.3) is 6.08 Å². The second-order valence-electron chi connectivity index (χ2n) is 3.73. The molecular formula is C14H14BrNO5. The van der Waals surface area contributed by atoms with E-state index in [0.717, 1.165) is 10.0 Å². The molecule has 1 rings (SSSR count). The maximum absolute atomic E-state index is 11.4. The van der Waals surface area contributed by atoms with E-state index in [1.807, 2.05) is 23.5 Å². The first-order chi connectivity index (χ1) is 10.0. The van der Waals surface area contributed by atoms with Crippen LogP contribution in [-0.4, -0.2) is 31.2 Å². The standard InChI is InChI=1S/C14H14BrNO5/c1-2-20-14(19)16-12(17)9-21-13(18)8-7-10-5-3-4-6-11(10)15/h3-8H,2,9H2,1H3,(H,16,17,19)/b8-7+. The van der Waals surface area contributed by atoms with E-state index >= 15 is 0 Å². The minimum Gasteiger partial charge on any atom is -0.452 e. The Kier molecular flexibility index (Phi) is 7.17. The predicted molar refractivity (Wildman–Crippen MR) is 79.3 cm³/mol. The highest BCUT2D eigenvalue weighted by atomic mass is 79.9. The molecule has 0 saturated heterocycles. The van der Waals surface area contributed by atoms with E-state index < -0.39 is 24.6 Å². The van der Waals surface area contributed by atoms with E-state index in [1.165, 1.54) is 6.08 Å². The first-order valence-corrected chi connectivity index (χ1v) is 6.88. The van der Waals surface area contributed by atoms with Crippen molar-refractivity contribution in [3.05, 3.63) is 40.4 Å². The van der Waals surface area contributed by atoms with Gasteiger partial charge in [-0.3, -0.25) is 10.1 Å². The summed E-state index contributed by atoms with van der Waals surface area (Å²) in [5, 5.41) is 1.91. The van der Waals surface area contributed by atoms with E-state index in [2.05, 4.69) is 25.4 Å². The molecule has 1 aromatic carbocycles. The van der Waals surface area contributed by atoms with Crippen molar-refractivity contribution in [1.29, 1.82) is 0 Å². The third-order valence-corrected chi connectivity index (χ3v) is 2.89. The molecule has 2 amide bonds. The molecule has 0 atom stereocenters. The highest BCUT2D eigenvalue weighted by Gasteiger charge is 2.09. The van der Waals surface area contributed by atoms with Crippen molar-refractivity contribution in [1.82, 2.24) is 5.32 Å². The molecule has 112 valence electrons. The zero-order valence-corrected chi connectivity index (χ0v) is 12.9. The third kappa shape index (κ3) is 6.71. The van der Waals surface area contributed by atoms with Crippen LogP contribution in [0.1, 0.15) is 12.5 Å². The molecular weight excluding hydrogens is 342 g/mol. The summed E-state index contributed by atoms with van der Waals surface area (Å²) in [6.45, 7) is 1.20. The zero-order chi connectivity index (χ0) is 15.7. The third-order valence-electron chi connectivity index (χ3n) is 2.17. The molecule has 0 spiro atoms. The van der Waals surface area contributed by atoms with Gasteiger partial charge in [0.2, 0.25) is 0 Å². The molecule has 0 aromatic heterocycles. The van der Waals surface area contributed by atoms with Crippen LogP contribution < -0.4 is 5.32 Å². The summed E-state index contributed by atoms with van der Waals surface area (Å²) in [6, 6.07) is 7.31. The Bertz CT molecular complexity index is 556. The number of hydrogen-bond acceptors (Lipinski definition) is 5. The number of amides is 2. The topological polar surface area (TPSA) is 81.7 Å². The zero-order valence-electron chi connectivity index (χ0n) is 11.3. The first-order valence-electron chi connectivity index (χ1n) is 6.09. The molecule has 1 aromatic rings. The normalized spacial score (nSPS) is 10.2. The number of nitrogens with one attached hydrogen (secondary N) is 1. The van der Waals surface area contributed by atoms with Crippen molar-refractivity contribution in [2.45, 2.75) is 6.92 Å². The van der Waals surface area contributed by atoms with Crippen LogP contribution in [0.4, 0.5) is 4.79 Å². The molecule has 0 aliphatic carbocycles. The van der Waals surface area contributed by atoms with Gasteiger partial charge in [-0.2, -0.15) is 0 Å². The van der Waals surface area contributed by atoms with Crippen LogP contribution in [-0.2, 0) is 19.1 Å². The lowest BCUT2D eigenvalue weighted by Crippen LogP contribution is -2.34. The molecule has 0 saturated carbocycles. The highest BCUT2D eigenvalue weighted by Crippen LogP contribution is 2.16. The van der Waals surface area contributed by atoms with E-state index in [4.69, 9.17) is 0 Å². The number of ether oxygens (including phenoxy) is 2. The molecule has 0 fully saturated rings. The Balaban J connectivity index is 2.39. The Morgan fingerprint density at radius 2 is 1.95 bits per heavy atom. The number of alkyl carbamates (subject to hydrolysis) is 1. The van der Waals surface area contributed by atoms with Gasteiger partial charge < -0.3 is 9.47 Å². The van der Waals surface area contributed by atoms with E-state index in [0.29, 0.717) is 0 Å². The molecule has 6 nitrogen and oxygen atoms in total. The van der Waals surface area contributed by atoms with Crippen molar-refractivity contribution in [3.63, 3.8) is 0 Å². The molecule has 0 aliphatic heterocycles. The smallest absolute Gasteiger partial charge is 0.413 e. The monoisotopic (exact) mass is 355 g/mol. The average Bonchev–Trinajstić information content (AvgIpc) is 2.44. The van der Waals surface area contributed by atoms with E-state index in [9.17, 15) is 14.4 Å². The predicted octanol–water partition coefficient (Wildman–Crippen LogP) is 2.28. The summed E-state index contributed by atoms with van der Waals surface area (Å²) in [5.41, 5.74) is 0.797. The number of hydrogen-bond donors (Lipinski definition) is 1. The minimum atomic E-state index is -0.873. The van der Waals surface area contributed by atoms with Gasteiger partial charge in [-0.25, -0.2) is 9.59 Å². The van der Waals surface area contributed by atoms with Crippen molar-refractivity contribution < 1.29 is 23.9 Å². The second-order valence-corrected chi connectivity index (χ2v) is 4.59. The molecule has 21 heavy (non-hydrogen) atoms. The fraction of sp³-hybridized carbons (Fsp3) is 0.214. The maximum Gasteiger partial charge on any atom is 0.413 e. The lowest BCUT2D eigenvalue weighted by Gasteiger charge is -2.04. The number of carbonyl (C=O) groups is 3. The number of benzene rings is 1. The summed E-state index contributed by atoms with van der Waals surface area (Å²) in [4.78, 5) is 33.6. The Hall–Kier alpha value is -2.15. The SMILES string of the molecule is CCOC(=O)NC(=O)COC(=O)/C=C/c1ccccc1Br. The number of rotatable bonds is 5. The summed E-state index contributed by atoms with van der Waals surface area (Å²) in [6.07, 6.45) is 1.87. The van der Waals surface area contributed by atoms with Gasteiger partial charge in [-0.15, -0.1) is 0 Å². The van der Waals surface area contributed by atoms with E-state index in [1.54, 1.807) is 19.1 Å². The molecule has 0 unspecified atom stereocenters. The van der Waals surface area contributed by atoms with Crippen LogP contribution >= 0.6 is 15.9 Å². The van der Waals surface area contributed by atoms with Crippen molar-refractivity contribution in [3.8, 4) is 0 Å². The van der Waals surface area contributed by atoms with Gasteiger partial charge in [0.05, 0.1) is 6.61 Å². The van der Waals surface area contributed by atoms with Gasteiger partial charge in [0.1, 0.15) is 0 Å². The average molecular weight is 356 g/mol. The number of imide groups is 1. The largest absolute Gasteiger partial charge is 0.452 e. The van der Waals surface area contributed by atoms with Crippen molar-refractivity contribution in [2.75, 3.05) is 13.2 Å². The van der Waals surface area contributed by atoms with Crippen molar-refractivity contribution >= 4 is 40.0 Å². The molecule has 0 aliphatic rings. The maximum atomic E-state index is 11.4. The van der Waals surface area contributed by atoms with Gasteiger partial charge in [-0.05, 0) is 24.6 Å². The van der Waals surface area contributed by atoms with Crippen LogP contribution in [0.15, 0.2) is 34.8 Å². The molecule has 0 bridgehead atoms. The summed E-state index contributed by atoms with van der Waals surface area (Å²) < 4.78 is 10.0. The lowest BCUT2D eigenvalue weighted by atomic mass is 10.2. The molecule has 7 heteroatoms. The quantitative estimate of drug-likeness (QED) is 0.647. The van der Waals surface area contributed by atoms with Gasteiger partial charge >= 0.3 is 12.1 Å². The molecule has 0 radical (unpaired) electrons. The number of esters is 1. The number of halogens is 1. The van der Waals surface area contributed by atoms with Crippen LogP contribution in [0.3, 0.4) is 0 Å².